The number of carbonyl (C=O) groups excluding carboxylic acids is 2. The number of hydrogen-bond donors (Lipinski definition) is 4. The molecule has 0 radical (unpaired) electrons. The summed E-state index contributed by atoms with van der Waals surface area (Å²) in [7, 11) is 0. The van der Waals surface area contributed by atoms with Gasteiger partial charge >= 0.3 is 0 Å². The number of para-hydroxylation sites is 1. The van der Waals surface area contributed by atoms with Crippen LogP contribution in [0.3, 0.4) is 0 Å². The zero-order chi connectivity index (χ0) is 31.7. The summed E-state index contributed by atoms with van der Waals surface area (Å²) in [6.45, 7) is 2.53. The topological polar surface area (TPSA) is 122 Å². The average Bonchev–Trinajstić information content (AvgIpc) is 3.61. The predicted molar refractivity (Wildman–Crippen MR) is 175 cm³/mol. The van der Waals surface area contributed by atoms with Gasteiger partial charge in [0.05, 0.1) is 22.6 Å². The fourth-order valence-electron chi connectivity index (χ4n) is 6.88. The van der Waals surface area contributed by atoms with E-state index in [-0.39, 0.29) is 35.7 Å². The third-order valence-electron chi connectivity index (χ3n) is 9.25. The number of carbonyl (C=O) groups is 2. The molecule has 0 spiro atoms. The van der Waals surface area contributed by atoms with Gasteiger partial charge in [0.15, 0.2) is 5.72 Å². The molecule has 4 aromatic carbocycles. The van der Waals surface area contributed by atoms with Gasteiger partial charge in [-0.3, -0.25) is 19.4 Å². The van der Waals surface area contributed by atoms with Crippen LogP contribution in [0.5, 0.6) is 5.75 Å². The van der Waals surface area contributed by atoms with Gasteiger partial charge in [0, 0.05) is 29.8 Å². The number of benzene rings is 4. The fraction of sp³-hybridized carbons (Fsp3) is 0.270. The lowest BCUT2D eigenvalue weighted by atomic mass is 9.93. The molecule has 2 aliphatic rings. The van der Waals surface area contributed by atoms with Crippen LogP contribution in [0.4, 0.5) is 0 Å². The van der Waals surface area contributed by atoms with E-state index in [1.54, 1.807) is 24.3 Å². The molecule has 9 nitrogen and oxygen atoms in total. The number of likely N-dealkylation sites (tertiary alicyclic amines) is 1. The maximum atomic E-state index is 13.7. The Kier molecular flexibility index (Phi) is 8.02. The number of nitrogens with zero attached hydrogens (tertiary/aromatic N) is 3. The summed E-state index contributed by atoms with van der Waals surface area (Å²) in [5.74, 6) is 0.214. The summed E-state index contributed by atoms with van der Waals surface area (Å²) in [6.07, 6.45) is 4.02. The maximum absolute atomic E-state index is 13.7. The third-order valence-corrected chi connectivity index (χ3v) is 9.25. The number of piperidine rings is 1. The van der Waals surface area contributed by atoms with Crippen molar-refractivity contribution in [2.45, 2.75) is 44.0 Å². The summed E-state index contributed by atoms with van der Waals surface area (Å²) in [4.78, 5) is 38.9. The number of aromatic hydroxyl groups is 1. The maximum Gasteiger partial charge on any atom is 0.257 e. The zero-order valence-electron chi connectivity index (χ0n) is 25.5. The summed E-state index contributed by atoms with van der Waals surface area (Å²) < 4.78 is 0. The number of fused-ring (bicyclic) bond motifs is 2. The first-order valence-electron chi connectivity index (χ1n) is 15.9. The second-order valence-electron chi connectivity index (χ2n) is 12.1. The van der Waals surface area contributed by atoms with Crippen molar-refractivity contribution in [1.82, 2.24) is 25.1 Å². The normalized spacial score (nSPS) is 18.9. The molecule has 2 aliphatic heterocycles. The molecular weight excluding hydrogens is 578 g/mol. The minimum atomic E-state index is -1.66. The first-order chi connectivity index (χ1) is 22.4. The Morgan fingerprint density at radius 2 is 1.67 bits per heavy atom. The van der Waals surface area contributed by atoms with E-state index in [1.165, 1.54) is 17.4 Å². The number of phenols is 1. The standard InChI is InChI=1S/C37H37N5O4/c43-33-16-8-6-14-28(33)35(44)38-20-19-32(41-21-9-2-10-22-41)34-39-30-18-17-26(23-31(30)40-34)37(46)29-15-7-5-13-27(29)36(45)42(37)24-25-11-3-1-4-12-25/h1,3-8,11-18,23,32,43,46H,2,9-10,19-22,24H2,(H,38,44)(H,39,40). The molecule has 1 saturated heterocycles. The summed E-state index contributed by atoms with van der Waals surface area (Å²) >= 11 is 0. The van der Waals surface area contributed by atoms with Gasteiger partial charge in [-0.15, -0.1) is 0 Å². The van der Waals surface area contributed by atoms with E-state index in [0.29, 0.717) is 29.7 Å². The van der Waals surface area contributed by atoms with E-state index < -0.39 is 5.72 Å². The molecule has 234 valence electrons. The first-order valence-corrected chi connectivity index (χ1v) is 15.9. The van der Waals surface area contributed by atoms with Crippen molar-refractivity contribution in [2.24, 2.45) is 0 Å². The SMILES string of the molecule is O=C(NCCC(c1nc2ccc(C3(O)c4ccccc4C(=O)N3Cc3ccccc3)cc2[nH]1)N1CCCCC1)c1ccccc1O. The smallest absolute Gasteiger partial charge is 0.257 e. The number of H-pyrrole nitrogens is 1. The van der Waals surface area contributed by atoms with Gasteiger partial charge in [0.1, 0.15) is 11.6 Å². The van der Waals surface area contributed by atoms with Gasteiger partial charge in [-0.05, 0) is 68.2 Å². The number of hydrogen-bond acceptors (Lipinski definition) is 6. The van der Waals surface area contributed by atoms with Gasteiger partial charge < -0.3 is 20.5 Å². The molecule has 0 bridgehead atoms. The van der Waals surface area contributed by atoms with E-state index in [0.717, 1.165) is 48.4 Å². The summed E-state index contributed by atoms with van der Waals surface area (Å²) in [6, 6.07) is 29.0. The number of nitrogens with one attached hydrogen (secondary N) is 2. The zero-order valence-corrected chi connectivity index (χ0v) is 25.5. The highest BCUT2D eigenvalue weighted by molar-refractivity contribution is 6.00. The van der Waals surface area contributed by atoms with Crippen LogP contribution in [-0.4, -0.2) is 61.4 Å². The number of aromatic amines is 1. The van der Waals surface area contributed by atoms with Crippen LogP contribution in [0.15, 0.2) is 97.1 Å². The Morgan fingerprint density at radius 3 is 2.48 bits per heavy atom. The van der Waals surface area contributed by atoms with E-state index in [4.69, 9.17) is 4.98 Å². The Labute approximate surface area is 267 Å². The fourth-order valence-corrected chi connectivity index (χ4v) is 6.88. The van der Waals surface area contributed by atoms with E-state index in [2.05, 4.69) is 15.2 Å². The highest BCUT2D eigenvalue weighted by Crippen LogP contribution is 2.43. The number of aliphatic hydroxyl groups is 1. The van der Waals surface area contributed by atoms with Crippen LogP contribution < -0.4 is 5.32 Å². The molecule has 3 heterocycles. The van der Waals surface area contributed by atoms with Crippen LogP contribution in [0.25, 0.3) is 11.0 Å². The van der Waals surface area contributed by atoms with Gasteiger partial charge in [-0.2, -0.15) is 0 Å². The van der Waals surface area contributed by atoms with Crippen molar-refractivity contribution < 1.29 is 19.8 Å². The van der Waals surface area contributed by atoms with Gasteiger partial charge in [-0.1, -0.05) is 73.2 Å². The van der Waals surface area contributed by atoms with Crippen LogP contribution in [-0.2, 0) is 12.3 Å². The van der Waals surface area contributed by atoms with Gasteiger partial charge in [0.25, 0.3) is 11.8 Å². The minimum absolute atomic E-state index is 0.0451. The third kappa shape index (κ3) is 5.42. The number of phenolic OH excluding ortho intramolecular Hbond substituents is 1. The monoisotopic (exact) mass is 615 g/mol. The van der Waals surface area contributed by atoms with Crippen LogP contribution in [0, 0.1) is 0 Å². The summed E-state index contributed by atoms with van der Waals surface area (Å²) in [5, 5.41) is 25.5. The Balaban J connectivity index is 1.20. The molecule has 2 unspecified atom stereocenters. The predicted octanol–water partition coefficient (Wildman–Crippen LogP) is 5.47. The number of rotatable bonds is 9. The van der Waals surface area contributed by atoms with E-state index in [1.807, 2.05) is 66.7 Å². The lowest BCUT2D eigenvalue weighted by Gasteiger charge is -2.35. The second-order valence-corrected chi connectivity index (χ2v) is 12.1. The molecule has 0 saturated carbocycles. The van der Waals surface area contributed by atoms with Gasteiger partial charge in [-0.25, -0.2) is 4.98 Å². The molecule has 1 aromatic heterocycles. The molecule has 2 amide bonds. The average molecular weight is 616 g/mol. The van der Waals surface area contributed by atoms with Crippen LogP contribution >= 0.6 is 0 Å². The molecule has 7 rings (SSSR count). The number of amides is 2. The molecule has 5 aromatic rings. The van der Waals surface area contributed by atoms with Crippen molar-refractivity contribution in [1.29, 1.82) is 0 Å². The van der Waals surface area contributed by atoms with Crippen molar-refractivity contribution >= 4 is 22.8 Å². The molecule has 4 N–H and O–H groups in total. The van der Waals surface area contributed by atoms with Crippen molar-refractivity contribution in [3.63, 3.8) is 0 Å². The lowest BCUT2D eigenvalue weighted by molar-refractivity contribution is -0.0542. The van der Waals surface area contributed by atoms with Crippen molar-refractivity contribution in [3.05, 3.63) is 131 Å². The highest BCUT2D eigenvalue weighted by atomic mass is 16.3. The molecular formula is C37H37N5O4. The highest BCUT2D eigenvalue weighted by Gasteiger charge is 2.49. The Hall–Kier alpha value is -4.99. The largest absolute Gasteiger partial charge is 0.507 e. The quantitative estimate of drug-likeness (QED) is 0.175. The Morgan fingerprint density at radius 1 is 0.935 bits per heavy atom. The van der Waals surface area contributed by atoms with Gasteiger partial charge in [0.2, 0.25) is 0 Å². The molecule has 1 fully saturated rings. The minimum Gasteiger partial charge on any atom is -0.507 e. The molecule has 9 heteroatoms. The van der Waals surface area contributed by atoms with Crippen molar-refractivity contribution in [2.75, 3.05) is 19.6 Å². The van der Waals surface area contributed by atoms with Crippen LogP contribution in [0.1, 0.15) is 75.0 Å². The van der Waals surface area contributed by atoms with E-state index in [9.17, 15) is 19.8 Å². The van der Waals surface area contributed by atoms with E-state index >= 15 is 0 Å². The molecule has 0 aliphatic carbocycles. The summed E-state index contributed by atoms with van der Waals surface area (Å²) in [5.41, 5.74) is 2.65. The first kappa shape index (κ1) is 29.7. The van der Waals surface area contributed by atoms with Crippen LogP contribution in [0.2, 0.25) is 0 Å². The number of imidazole rings is 1. The Bertz CT molecular complexity index is 1880. The number of aromatic nitrogens is 2. The van der Waals surface area contributed by atoms with Crippen molar-refractivity contribution in [3.8, 4) is 5.75 Å². The lowest BCUT2D eigenvalue weighted by Crippen LogP contribution is -2.44. The molecule has 46 heavy (non-hydrogen) atoms. The second kappa shape index (κ2) is 12.4. The molecule has 2 atom stereocenters.